The molecule has 5 N–H and O–H groups in total. The van der Waals surface area contributed by atoms with Crippen molar-refractivity contribution in [3.05, 3.63) is 29.8 Å². The molecular formula is C17H23N3O5S. The number of nitrogens with zero attached hydrogens (tertiary/aromatic N) is 1. The third-order valence-corrected chi connectivity index (χ3v) is 4.74. The SMILES string of the molecule is N[C@@H](CS)C(=O)N1CCC[C@H]1C(=O)N[C@@H](Cc1ccc(O)cc1)C(=O)O. The van der Waals surface area contributed by atoms with Crippen LogP contribution in [0.4, 0.5) is 0 Å². The van der Waals surface area contributed by atoms with E-state index in [2.05, 4.69) is 17.9 Å². The van der Waals surface area contributed by atoms with Crippen LogP contribution in [-0.2, 0) is 20.8 Å². The van der Waals surface area contributed by atoms with Crippen molar-refractivity contribution in [3.8, 4) is 5.75 Å². The van der Waals surface area contributed by atoms with Crippen LogP contribution in [0.2, 0.25) is 0 Å². The van der Waals surface area contributed by atoms with Crippen LogP contribution in [0.3, 0.4) is 0 Å². The molecule has 1 aliphatic rings. The van der Waals surface area contributed by atoms with Gasteiger partial charge in [0.1, 0.15) is 17.8 Å². The van der Waals surface area contributed by atoms with Crippen molar-refractivity contribution < 1.29 is 24.6 Å². The van der Waals surface area contributed by atoms with Crippen molar-refractivity contribution in [2.24, 2.45) is 5.73 Å². The van der Waals surface area contributed by atoms with E-state index < -0.39 is 30.0 Å². The van der Waals surface area contributed by atoms with Gasteiger partial charge in [0.05, 0.1) is 6.04 Å². The van der Waals surface area contributed by atoms with Gasteiger partial charge >= 0.3 is 5.97 Å². The lowest BCUT2D eigenvalue weighted by molar-refractivity contribution is -0.144. The molecule has 0 bridgehead atoms. The lowest BCUT2D eigenvalue weighted by Crippen LogP contribution is -2.54. The number of nitrogens with one attached hydrogen (secondary N) is 1. The number of carboxylic acid groups (broad SMARTS) is 1. The number of amides is 2. The number of hydrogen-bond acceptors (Lipinski definition) is 6. The van der Waals surface area contributed by atoms with Crippen LogP contribution < -0.4 is 11.1 Å². The molecule has 0 aliphatic carbocycles. The first-order valence-electron chi connectivity index (χ1n) is 8.31. The summed E-state index contributed by atoms with van der Waals surface area (Å²) in [5.74, 6) is -1.79. The fraction of sp³-hybridized carbons (Fsp3) is 0.471. The van der Waals surface area contributed by atoms with Crippen molar-refractivity contribution in [2.45, 2.75) is 37.4 Å². The van der Waals surface area contributed by atoms with Crippen LogP contribution in [0, 0.1) is 0 Å². The molecule has 2 amide bonds. The van der Waals surface area contributed by atoms with E-state index in [9.17, 15) is 24.6 Å². The van der Waals surface area contributed by atoms with Gasteiger partial charge in [0, 0.05) is 18.7 Å². The Bertz CT molecular complexity index is 667. The quantitative estimate of drug-likeness (QED) is 0.414. The van der Waals surface area contributed by atoms with Gasteiger partial charge in [-0.25, -0.2) is 4.79 Å². The zero-order chi connectivity index (χ0) is 19.3. The van der Waals surface area contributed by atoms with Crippen LogP contribution in [-0.4, -0.2) is 63.3 Å². The molecule has 1 aliphatic heterocycles. The maximum absolute atomic E-state index is 12.6. The molecule has 0 radical (unpaired) electrons. The van der Waals surface area contributed by atoms with Crippen LogP contribution in [0.25, 0.3) is 0 Å². The van der Waals surface area contributed by atoms with Crippen molar-refractivity contribution in [3.63, 3.8) is 0 Å². The van der Waals surface area contributed by atoms with E-state index in [1.807, 2.05) is 0 Å². The Morgan fingerprint density at radius 2 is 1.96 bits per heavy atom. The maximum atomic E-state index is 12.6. The van der Waals surface area contributed by atoms with E-state index in [1.165, 1.54) is 17.0 Å². The van der Waals surface area contributed by atoms with E-state index in [1.54, 1.807) is 12.1 Å². The van der Waals surface area contributed by atoms with Crippen LogP contribution in [0.5, 0.6) is 5.75 Å². The van der Waals surface area contributed by atoms with Gasteiger partial charge in [-0.05, 0) is 30.5 Å². The Morgan fingerprint density at radius 3 is 2.54 bits per heavy atom. The summed E-state index contributed by atoms with van der Waals surface area (Å²) >= 11 is 4.01. The number of nitrogens with two attached hydrogens (primary N) is 1. The number of aromatic hydroxyl groups is 1. The first kappa shape index (κ1) is 20.1. The van der Waals surface area contributed by atoms with Gasteiger partial charge in [-0.15, -0.1) is 0 Å². The van der Waals surface area contributed by atoms with Gasteiger partial charge in [-0.3, -0.25) is 9.59 Å². The molecular weight excluding hydrogens is 358 g/mol. The summed E-state index contributed by atoms with van der Waals surface area (Å²) in [4.78, 5) is 37.7. The number of likely N-dealkylation sites (tertiary alicyclic amines) is 1. The van der Waals surface area contributed by atoms with Crippen molar-refractivity contribution >= 4 is 30.4 Å². The number of hydrogen-bond donors (Lipinski definition) is 5. The number of thiol groups is 1. The van der Waals surface area contributed by atoms with E-state index >= 15 is 0 Å². The van der Waals surface area contributed by atoms with Crippen molar-refractivity contribution in [2.75, 3.05) is 12.3 Å². The summed E-state index contributed by atoms with van der Waals surface area (Å²) in [5.41, 5.74) is 6.37. The molecule has 3 atom stereocenters. The molecule has 1 aromatic rings. The summed E-state index contributed by atoms with van der Waals surface area (Å²) in [5, 5.41) is 21.2. The monoisotopic (exact) mass is 381 g/mol. The van der Waals surface area contributed by atoms with Crippen molar-refractivity contribution in [1.29, 1.82) is 0 Å². The molecule has 142 valence electrons. The summed E-state index contributed by atoms with van der Waals surface area (Å²) in [6.07, 6.45) is 1.18. The Hall–Kier alpha value is -2.26. The molecule has 0 aromatic heterocycles. The van der Waals surface area contributed by atoms with Crippen molar-refractivity contribution in [1.82, 2.24) is 10.2 Å². The summed E-state index contributed by atoms with van der Waals surface area (Å²) in [6.45, 7) is 0.411. The first-order chi connectivity index (χ1) is 12.3. The highest BCUT2D eigenvalue weighted by Gasteiger charge is 2.37. The number of phenolic OH excluding ortho intramolecular Hbond substituents is 1. The number of carbonyl (C=O) groups is 3. The zero-order valence-corrected chi connectivity index (χ0v) is 15.1. The number of benzene rings is 1. The molecule has 0 unspecified atom stereocenters. The lowest BCUT2D eigenvalue weighted by atomic mass is 10.0. The van der Waals surface area contributed by atoms with Crippen LogP contribution in [0.1, 0.15) is 18.4 Å². The molecule has 1 aromatic carbocycles. The van der Waals surface area contributed by atoms with E-state index in [4.69, 9.17) is 5.73 Å². The molecule has 1 saturated heterocycles. The normalized spacial score (nSPS) is 19.0. The predicted molar refractivity (Wildman–Crippen MR) is 97.9 cm³/mol. The largest absolute Gasteiger partial charge is 0.508 e. The Kier molecular flexibility index (Phi) is 6.87. The summed E-state index contributed by atoms with van der Waals surface area (Å²) in [6, 6.07) is 3.43. The van der Waals surface area contributed by atoms with Gasteiger partial charge in [0.25, 0.3) is 0 Å². The molecule has 1 fully saturated rings. The number of aliphatic carboxylic acids is 1. The van der Waals surface area contributed by atoms with Crippen LogP contribution >= 0.6 is 12.6 Å². The molecule has 1 heterocycles. The lowest BCUT2D eigenvalue weighted by Gasteiger charge is -2.27. The van der Waals surface area contributed by atoms with Gasteiger partial charge < -0.3 is 26.2 Å². The number of carbonyl (C=O) groups excluding carboxylic acids is 2. The standard InChI is InChI=1S/C17H23N3O5S/c18-12(9-26)16(23)20-7-1-2-14(20)15(22)19-13(17(24)25)8-10-3-5-11(21)6-4-10/h3-6,12-14,21,26H,1-2,7-9,18H2,(H,19,22)(H,24,25)/t12-,13-,14-/m0/s1. The minimum absolute atomic E-state index is 0.0676. The molecule has 0 spiro atoms. The molecule has 0 saturated carbocycles. The minimum Gasteiger partial charge on any atom is -0.508 e. The third-order valence-electron chi connectivity index (χ3n) is 4.34. The third kappa shape index (κ3) is 4.89. The fourth-order valence-corrected chi connectivity index (χ4v) is 3.09. The second-order valence-electron chi connectivity index (χ2n) is 6.25. The highest BCUT2D eigenvalue weighted by Crippen LogP contribution is 2.19. The van der Waals surface area contributed by atoms with Gasteiger partial charge in [0.2, 0.25) is 11.8 Å². The highest BCUT2D eigenvalue weighted by atomic mass is 32.1. The molecule has 8 nitrogen and oxygen atoms in total. The van der Waals surface area contributed by atoms with E-state index in [0.717, 1.165) is 0 Å². The molecule has 9 heteroatoms. The van der Waals surface area contributed by atoms with Crippen LogP contribution in [0.15, 0.2) is 24.3 Å². The zero-order valence-electron chi connectivity index (χ0n) is 14.2. The second kappa shape index (κ2) is 8.91. The van der Waals surface area contributed by atoms with Gasteiger partial charge in [-0.1, -0.05) is 12.1 Å². The van der Waals surface area contributed by atoms with Gasteiger partial charge in [-0.2, -0.15) is 12.6 Å². The molecule has 2 rings (SSSR count). The predicted octanol–water partition coefficient (Wildman–Crippen LogP) is -0.248. The smallest absolute Gasteiger partial charge is 0.326 e. The summed E-state index contributed by atoms with van der Waals surface area (Å²) < 4.78 is 0. The molecule has 26 heavy (non-hydrogen) atoms. The summed E-state index contributed by atoms with van der Waals surface area (Å²) in [7, 11) is 0. The Morgan fingerprint density at radius 1 is 1.31 bits per heavy atom. The number of phenols is 1. The van der Waals surface area contributed by atoms with Gasteiger partial charge in [0.15, 0.2) is 0 Å². The second-order valence-corrected chi connectivity index (χ2v) is 6.61. The Balaban J connectivity index is 2.05. The minimum atomic E-state index is -1.17. The average Bonchev–Trinajstić information content (AvgIpc) is 3.11. The average molecular weight is 381 g/mol. The van der Waals surface area contributed by atoms with E-state index in [0.29, 0.717) is 24.9 Å². The maximum Gasteiger partial charge on any atom is 0.326 e. The number of carboxylic acids is 1. The van der Waals surface area contributed by atoms with E-state index in [-0.39, 0.29) is 23.8 Å². The Labute approximate surface area is 156 Å². The number of rotatable bonds is 7. The first-order valence-corrected chi connectivity index (χ1v) is 8.94. The highest BCUT2D eigenvalue weighted by molar-refractivity contribution is 7.80. The topological polar surface area (TPSA) is 133 Å². The fourth-order valence-electron chi connectivity index (χ4n) is 2.93.